The average molecular weight is 881 g/mol. The summed E-state index contributed by atoms with van der Waals surface area (Å²) in [7, 11) is 0. The highest BCUT2D eigenvalue weighted by Gasteiger charge is 2.28. The van der Waals surface area contributed by atoms with E-state index in [4.69, 9.17) is 0 Å². The van der Waals surface area contributed by atoms with Crippen LogP contribution in [-0.4, -0.2) is 8.80 Å². The molecule has 0 aliphatic carbocycles. The first-order valence-electron chi connectivity index (χ1n) is 23.3. The van der Waals surface area contributed by atoms with Crippen molar-refractivity contribution in [2.24, 2.45) is 0 Å². The van der Waals surface area contributed by atoms with Crippen LogP contribution in [0.2, 0.25) is 0 Å². The summed E-state index contributed by atoms with van der Waals surface area (Å²) in [6, 6.07) is 60.9. The lowest BCUT2D eigenvalue weighted by atomic mass is 9.86. The lowest BCUT2D eigenvalue weighted by Gasteiger charge is -2.19. The van der Waals surface area contributed by atoms with Crippen molar-refractivity contribution in [3.05, 3.63) is 169 Å². The summed E-state index contributed by atoms with van der Waals surface area (Å²) in [6.45, 7) is 13.8. The minimum absolute atomic E-state index is 0.0727. The van der Waals surface area contributed by atoms with Gasteiger partial charge in [0.1, 0.15) is 0 Å². The Bertz CT molecular complexity index is 4260. The smallest absolute Gasteiger partial charge is 0.0627 e. The molecule has 0 spiro atoms. The fraction of sp³-hybridized carbons (Fsp3) is 0.129. The van der Waals surface area contributed by atoms with Gasteiger partial charge in [0, 0.05) is 83.4 Å². The van der Waals surface area contributed by atoms with Crippen molar-refractivity contribution in [2.75, 3.05) is 0 Å². The number of aromatic nitrogens is 2. The van der Waals surface area contributed by atoms with E-state index in [1.807, 2.05) is 22.7 Å². The number of rotatable bonds is 2. The lowest BCUT2D eigenvalue weighted by molar-refractivity contribution is 0.590. The number of hydrogen-bond donors (Lipinski definition) is 0. The Balaban J connectivity index is 1.13. The minimum atomic E-state index is 0.0727. The Morgan fingerprint density at radius 2 is 0.727 bits per heavy atom. The molecular weight excluding hydrogens is 837 g/mol. The zero-order valence-corrected chi connectivity index (χ0v) is 39.4. The normalized spacial score (nSPS) is 13.3. The van der Waals surface area contributed by atoms with E-state index in [0.29, 0.717) is 0 Å². The van der Waals surface area contributed by atoms with E-state index in [9.17, 15) is 0 Å². The number of hydrogen-bond acceptors (Lipinski definition) is 2. The van der Waals surface area contributed by atoms with Crippen LogP contribution in [0.25, 0.3) is 139 Å². The lowest BCUT2D eigenvalue weighted by Crippen LogP contribution is -2.10. The Morgan fingerprint density at radius 1 is 0.333 bits per heavy atom. The first kappa shape index (κ1) is 37.3. The van der Waals surface area contributed by atoms with Gasteiger partial charge in [0.15, 0.2) is 0 Å². The topological polar surface area (TPSA) is 8.82 Å². The van der Waals surface area contributed by atoms with Crippen molar-refractivity contribution in [3.63, 3.8) is 0 Å². The Hall–Kier alpha value is -6.98. The van der Waals surface area contributed by atoms with Crippen LogP contribution >= 0.6 is 22.7 Å². The second kappa shape index (κ2) is 12.5. The molecule has 0 aliphatic heterocycles. The summed E-state index contributed by atoms with van der Waals surface area (Å²) in [4.78, 5) is 0. The fourth-order valence-electron chi connectivity index (χ4n) is 11.9. The molecule has 4 heteroatoms. The molecular formula is C62H44N2S2. The zero-order chi connectivity index (χ0) is 44.1. The molecule has 0 aliphatic rings. The largest absolute Gasteiger partial charge is 0.308 e. The van der Waals surface area contributed by atoms with Gasteiger partial charge in [-0.3, -0.25) is 0 Å². The second-order valence-electron chi connectivity index (χ2n) is 20.8. The maximum Gasteiger partial charge on any atom is 0.0627 e. The van der Waals surface area contributed by atoms with Crippen LogP contribution in [0, 0.1) is 0 Å². The molecule has 314 valence electrons. The van der Waals surface area contributed by atoms with Crippen LogP contribution in [0.5, 0.6) is 0 Å². The maximum absolute atomic E-state index is 2.62. The van der Waals surface area contributed by atoms with E-state index >= 15 is 0 Å². The average Bonchev–Trinajstić information content (AvgIpc) is 4.16. The van der Waals surface area contributed by atoms with E-state index in [1.165, 1.54) is 150 Å². The third kappa shape index (κ3) is 4.70. The molecule has 9 aromatic carbocycles. The minimum Gasteiger partial charge on any atom is -0.308 e. The quantitative estimate of drug-likeness (QED) is 0.164. The third-order valence-corrected chi connectivity index (χ3v) is 17.5. The van der Waals surface area contributed by atoms with Crippen molar-refractivity contribution in [3.8, 4) is 22.3 Å². The van der Waals surface area contributed by atoms with Crippen LogP contribution in [0.15, 0.2) is 158 Å². The molecule has 6 aromatic heterocycles. The molecule has 0 amide bonds. The molecule has 0 saturated carbocycles. The molecule has 0 saturated heterocycles. The molecule has 15 rings (SSSR count). The van der Waals surface area contributed by atoms with Crippen molar-refractivity contribution in [2.45, 2.75) is 52.4 Å². The zero-order valence-electron chi connectivity index (χ0n) is 37.7. The van der Waals surface area contributed by atoms with Crippen LogP contribution in [0.1, 0.15) is 52.7 Å². The highest BCUT2D eigenvalue weighted by Crippen LogP contribution is 2.52. The van der Waals surface area contributed by atoms with Gasteiger partial charge in [0.25, 0.3) is 0 Å². The molecule has 0 atom stereocenters. The Labute approximate surface area is 389 Å². The van der Waals surface area contributed by atoms with E-state index < -0.39 is 0 Å². The van der Waals surface area contributed by atoms with Crippen molar-refractivity contribution in [1.29, 1.82) is 0 Å². The van der Waals surface area contributed by atoms with Crippen LogP contribution in [0.4, 0.5) is 0 Å². The molecule has 0 radical (unpaired) electrons. The number of thiophene rings is 2. The third-order valence-electron chi connectivity index (χ3n) is 15.1. The summed E-state index contributed by atoms with van der Waals surface area (Å²) < 4.78 is 10.7. The summed E-state index contributed by atoms with van der Waals surface area (Å²) in [5.41, 5.74) is 15.6. The Kier molecular flexibility index (Phi) is 7.04. The van der Waals surface area contributed by atoms with Gasteiger partial charge in [0.05, 0.1) is 33.1 Å². The standard InChI is InChI=1S/C62H44N2S2/c1-61(2,3)35-19-15-33(16-20-35)37-23-25-43-55-47(29-27-41-39-11-7-9-13-51(39)65-59(41)55)63-49-32-46-50(31-45(49)53(37)57(43)63)64-48-30-28-42-40-12-8-10-14-52(40)66-60(42)56(48)44-26-24-38(54(46)58(44)64)34-17-21-36(22-18-34)62(4,5)6/h7-32H,1-6H3. The highest BCUT2D eigenvalue weighted by molar-refractivity contribution is 7.27. The van der Waals surface area contributed by atoms with E-state index in [-0.39, 0.29) is 10.8 Å². The Morgan fingerprint density at radius 3 is 1.14 bits per heavy atom. The summed E-state index contributed by atoms with van der Waals surface area (Å²) in [6.07, 6.45) is 0. The van der Waals surface area contributed by atoms with Gasteiger partial charge in [-0.1, -0.05) is 163 Å². The number of nitrogens with zero attached hydrogens (tertiary/aromatic N) is 2. The van der Waals surface area contributed by atoms with Crippen LogP contribution in [0.3, 0.4) is 0 Å². The van der Waals surface area contributed by atoms with Crippen molar-refractivity contribution in [1.82, 2.24) is 8.80 Å². The maximum atomic E-state index is 2.62. The van der Waals surface area contributed by atoms with Crippen molar-refractivity contribution >= 4 is 139 Å². The predicted molar refractivity (Wildman–Crippen MR) is 290 cm³/mol. The molecule has 66 heavy (non-hydrogen) atoms. The SMILES string of the molecule is CC(C)(C)c1ccc(-c2ccc3c4c5sc6ccccc6c5ccc4n4c5cc6c7c(-c8ccc(C(C)(C)C)cc8)ccc8c9c%10sc%11ccccc%11c%10ccc9n(c6cc5c2c34)c87)cc1. The summed E-state index contributed by atoms with van der Waals surface area (Å²) >= 11 is 3.87. The monoisotopic (exact) mass is 880 g/mol. The first-order valence-corrected chi connectivity index (χ1v) is 24.9. The van der Waals surface area contributed by atoms with Crippen LogP contribution < -0.4 is 0 Å². The van der Waals surface area contributed by atoms with Gasteiger partial charge in [-0.25, -0.2) is 0 Å². The predicted octanol–water partition coefficient (Wildman–Crippen LogP) is 18.7. The van der Waals surface area contributed by atoms with Gasteiger partial charge in [-0.15, -0.1) is 22.7 Å². The molecule has 0 bridgehead atoms. The van der Waals surface area contributed by atoms with Crippen LogP contribution in [-0.2, 0) is 10.8 Å². The number of benzene rings is 9. The van der Waals surface area contributed by atoms with Crippen molar-refractivity contribution < 1.29 is 0 Å². The van der Waals surface area contributed by atoms with Gasteiger partial charge >= 0.3 is 0 Å². The first-order chi connectivity index (χ1) is 32.0. The molecule has 0 unspecified atom stereocenters. The van der Waals surface area contributed by atoms with E-state index in [2.05, 4.69) is 208 Å². The van der Waals surface area contributed by atoms with E-state index in [1.54, 1.807) is 0 Å². The van der Waals surface area contributed by atoms with Gasteiger partial charge in [-0.2, -0.15) is 0 Å². The van der Waals surface area contributed by atoms with Gasteiger partial charge < -0.3 is 8.80 Å². The van der Waals surface area contributed by atoms with Gasteiger partial charge in [0.2, 0.25) is 0 Å². The molecule has 0 N–H and O–H groups in total. The second-order valence-corrected chi connectivity index (χ2v) is 23.0. The van der Waals surface area contributed by atoms with Gasteiger partial charge in [-0.05, 0) is 80.6 Å². The molecule has 15 aromatic rings. The molecule has 0 fully saturated rings. The summed E-state index contributed by atoms with van der Waals surface area (Å²) in [5, 5.41) is 16.0. The fourth-order valence-corrected chi connectivity index (χ4v) is 14.4. The van der Waals surface area contributed by atoms with E-state index in [0.717, 1.165) is 0 Å². The number of fused-ring (bicyclic) bond motifs is 20. The molecule has 2 nitrogen and oxygen atoms in total. The summed E-state index contributed by atoms with van der Waals surface area (Å²) in [5.74, 6) is 0. The molecule has 6 heterocycles. The highest BCUT2D eigenvalue weighted by atomic mass is 32.1.